The molecule has 0 radical (unpaired) electrons. The first-order valence-corrected chi connectivity index (χ1v) is 19.8. The molecule has 3 heteroatoms. The molecule has 0 amide bonds. The van der Waals surface area contributed by atoms with Crippen LogP contribution in [0.3, 0.4) is 0 Å². The van der Waals surface area contributed by atoms with Crippen molar-refractivity contribution in [2.75, 3.05) is 0 Å². The molecule has 0 aliphatic heterocycles. The number of halogens is 2. The minimum absolute atomic E-state index is 0. The van der Waals surface area contributed by atoms with E-state index in [-0.39, 0.29) is 24.8 Å². The van der Waals surface area contributed by atoms with Crippen LogP contribution in [0, 0.1) is 0 Å². The summed E-state index contributed by atoms with van der Waals surface area (Å²) in [5.41, 5.74) is 11.2. The SMILES string of the molecule is C/[CH]=[Zr](\[C]1=CC=CC1)[CH]1c2ccccc2-c2ccccc21.Cl.Cl.c1ccc(-c2ccccc2)cc1.c1ccc(-c2ccccc2)cc1. The maximum atomic E-state index is 2.57. The molecular weight excluding hydrogens is 691 g/mol. The summed E-state index contributed by atoms with van der Waals surface area (Å²) in [5, 5.41) is 0. The van der Waals surface area contributed by atoms with Crippen LogP contribution in [0.25, 0.3) is 33.4 Å². The third kappa shape index (κ3) is 8.94. The molecule has 6 aromatic carbocycles. The molecule has 2 aliphatic carbocycles. The van der Waals surface area contributed by atoms with Gasteiger partial charge in [-0.2, -0.15) is 0 Å². The second-order valence-electron chi connectivity index (χ2n) is 11.1. The molecule has 0 fully saturated rings. The fraction of sp³-hybridized carbons (Fsp3) is 0.0682. The van der Waals surface area contributed by atoms with E-state index in [1.165, 1.54) is 39.8 Å². The van der Waals surface area contributed by atoms with Crippen LogP contribution in [0.4, 0.5) is 0 Å². The zero-order chi connectivity index (χ0) is 30.7. The summed E-state index contributed by atoms with van der Waals surface area (Å²) >= 11 is -1.79. The predicted octanol–water partition coefficient (Wildman–Crippen LogP) is 12.6. The third-order valence-corrected chi connectivity index (χ3v) is 15.7. The Labute approximate surface area is 300 Å². The maximum absolute atomic E-state index is 2.57. The second-order valence-corrected chi connectivity index (χ2v) is 17.8. The third-order valence-electron chi connectivity index (χ3n) is 8.36. The van der Waals surface area contributed by atoms with E-state index in [9.17, 15) is 0 Å². The topological polar surface area (TPSA) is 0 Å². The molecule has 47 heavy (non-hydrogen) atoms. The average molecular weight is 731 g/mol. The van der Waals surface area contributed by atoms with Crippen LogP contribution in [-0.4, -0.2) is 3.71 Å². The van der Waals surface area contributed by atoms with Crippen molar-refractivity contribution in [3.05, 3.63) is 202 Å². The van der Waals surface area contributed by atoms with E-state index in [0.29, 0.717) is 3.63 Å². The molecule has 0 heterocycles. The Morgan fingerprint density at radius 2 is 0.809 bits per heavy atom. The minimum atomic E-state index is -1.79. The van der Waals surface area contributed by atoms with Gasteiger partial charge in [0.15, 0.2) is 0 Å². The number of hydrogen-bond donors (Lipinski definition) is 0. The molecular formula is C44H40Cl2Zr. The largest absolute Gasteiger partial charge is 0.147 e. The van der Waals surface area contributed by atoms with Crippen LogP contribution < -0.4 is 0 Å². The number of rotatable bonds is 4. The Morgan fingerprint density at radius 1 is 0.468 bits per heavy atom. The van der Waals surface area contributed by atoms with Gasteiger partial charge >= 0.3 is 134 Å². The normalized spacial score (nSPS) is 12.4. The Hall–Kier alpha value is -3.87. The summed E-state index contributed by atoms with van der Waals surface area (Å²) in [6.45, 7) is 2.29. The van der Waals surface area contributed by atoms with Crippen molar-refractivity contribution in [2.45, 2.75) is 17.0 Å². The number of benzene rings is 6. The van der Waals surface area contributed by atoms with Crippen LogP contribution in [0.2, 0.25) is 0 Å². The molecule has 8 rings (SSSR count). The van der Waals surface area contributed by atoms with E-state index in [4.69, 9.17) is 0 Å². The van der Waals surface area contributed by atoms with Gasteiger partial charge in [0.1, 0.15) is 0 Å². The molecule has 0 saturated heterocycles. The molecule has 0 bridgehead atoms. The van der Waals surface area contributed by atoms with Crippen LogP contribution in [0.5, 0.6) is 0 Å². The fourth-order valence-electron chi connectivity index (χ4n) is 6.21. The molecule has 0 aromatic heterocycles. The van der Waals surface area contributed by atoms with Crippen LogP contribution in [0.15, 0.2) is 191 Å². The molecule has 0 atom stereocenters. The van der Waals surface area contributed by atoms with Gasteiger partial charge in [-0.1, -0.05) is 121 Å². The first kappa shape index (κ1) is 36.0. The number of allylic oxidation sites excluding steroid dienone is 4. The summed E-state index contributed by atoms with van der Waals surface area (Å²) < 4.78 is 4.97. The quantitative estimate of drug-likeness (QED) is 0.169. The van der Waals surface area contributed by atoms with Gasteiger partial charge < -0.3 is 0 Å². The predicted molar refractivity (Wildman–Crippen MR) is 206 cm³/mol. The van der Waals surface area contributed by atoms with Gasteiger partial charge in [-0.15, -0.1) is 24.8 Å². The van der Waals surface area contributed by atoms with Gasteiger partial charge in [0, 0.05) is 0 Å². The smallest absolute Gasteiger partial charge is 0.0184 e. The van der Waals surface area contributed by atoms with Gasteiger partial charge in [-0.25, -0.2) is 0 Å². The fourth-order valence-corrected chi connectivity index (χ4v) is 13.3. The number of hydrogen-bond acceptors (Lipinski definition) is 0. The van der Waals surface area contributed by atoms with E-state index >= 15 is 0 Å². The van der Waals surface area contributed by atoms with Crippen molar-refractivity contribution in [2.24, 2.45) is 0 Å². The van der Waals surface area contributed by atoms with Gasteiger partial charge in [-0.05, 0) is 22.3 Å². The van der Waals surface area contributed by atoms with E-state index in [2.05, 4.69) is 174 Å². The van der Waals surface area contributed by atoms with Gasteiger partial charge in [0.05, 0.1) is 0 Å². The monoisotopic (exact) mass is 728 g/mol. The standard InChI is InChI=1S/C13H9.2C12H10.C5H5.C2H4.2ClH.Zr/c1-3-7-12-10(5-1)9-11-6-2-4-8-13(11)12;2*1-3-7-11(8-4-1)12-9-5-2-6-10-12;1-2-4-5-3-1;1-2;;;/h1-9H;2*1-10H;1-3H,4H2;1H,2H3;2*1H;. The first-order chi connectivity index (χ1) is 22.3. The van der Waals surface area contributed by atoms with E-state index in [1.807, 2.05) is 24.3 Å². The number of fused-ring (bicyclic) bond motifs is 3. The zero-order valence-corrected chi connectivity index (χ0v) is 30.7. The maximum Gasteiger partial charge on any atom is -0.0184 e. The van der Waals surface area contributed by atoms with E-state index in [0.717, 1.165) is 0 Å². The minimum Gasteiger partial charge on any atom is -0.147 e. The van der Waals surface area contributed by atoms with Crippen molar-refractivity contribution in [3.8, 4) is 33.4 Å². The van der Waals surface area contributed by atoms with Crippen LogP contribution >= 0.6 is 24.8 Å². The van der Waals surface area contributed by atoms with Crippen molar-refractivity contribution in [3.63, 3.8) is 0 Å². The van der Waals surface area contributed by atoms with Crippen LogP contribution in [0.1, 0.15) is 28.1 Å². The van der Waals surface area contributed by atoms with Crippen molar-refractivity contribution in [1.82, 2.24) is 0 Å². The first-order valence-electron chi connectivity index (χ1n) is 15.7. The molecule has 0 spiro atoms. The Balaban J connectivity index is 0.000000167. The molecule has 6 aromatic rings. The Bertz CT molecular complexity index is 1720. The van der Waals surface area contributed by atoms with Gasteiger partial charge in [-0.3, -0.25) is 0 Å². The zero-order valence-electron chi connectivity index (χ0n) is 26.6. The van der Waals surface area contributed by atoms with Gasteiger partial charge in [0.2, 0.25) is 0 Å². The summed E-state index contributed by atoms with van der Waals surface area (Å²) in [6, 6.07) is 59.6. The molecule has 2 aliphatic rings. The molecule has 0 nitrogen and oxygen atoms in total. The van der Waals surface area contributed by atoms with E-state index in [1.54, 1.807) is 14.4 Å². The summed E-state index contributed by atoms with van der Waals surface area (Å²) in [5.74, 6) is 0. The summed E-state index contributed by atoms with van der Waals surface area (Å²) in [4.78, 5) is 0. The Kier molecular flexibility index (Phi) is 14.1. The van der Waals surface area contributed by atoms with Crippen molar-refractivity contribution >= 4 is 28.5 Å². The van der Waals surface area contributed by atoms with Crippen molar-refractivity contribution in [1.29, 1.82) is 0 Å². The van der Waals surface area contributed by atoms with Crippen LogP contribution in [-0.2, 0) is 21.3 Å². The summed E-state index contributed by atoms with van der Waals surface area (Å²) in [6.07, 6.45) is 8.12. The summed E-state index contributed by atoms with van der Waals surface area (Å²) in [7, 11) is 0. The Morgan fingerprint density at radius 3 is 1.13 bits per heavy atom. The molecule has 0 unspecified atom stereocenters. The van der Waals surface area contributed by atoms with Gasteiger partial charge in [0.25, 0.3) is 0 Å². The molecule has 0 N–H and O–H groups in total. The van der Waals surface area contributed by atoms with Crippen molar-refractivity contribution < 1.29 is 21.3 Å². The van der Waals surface area contributed by atoms with E-state index < -0.39 is 21.3 Å². The molecule has 0 saturated carbocycles. The second kappa shape index (κ2) is 18.5. The molecule has 234 valence electrons. The average Bonchev–Trinajstić information content (AvgIpc) is 3.79.